The van der Waals surface area contributed by atoms with Gasteiger partial charge >= 0.3 is 6.03 Å². The van der Waals surface area contributed by atoms with Gasteiger partial charge in [0.2, 0.25) is 0 Å². The van der Waals surface area contributed by atoms with E-state index in [0.29, 0.717) is 17.0 Å². The summed E-state index contributed by atoms with van der Waals surface area (Å²) in [6.07, 6.45) is 1.02. The Morgan fingerprint density at radius 1 is 1.18 bits per heavy atom. The molecule has 146 valence electrons. The van der Waals surface area contributed by atoms with Gasteiger partial charge in [-0.25, -0.2) is 4.79 Å². The Balaban J connectivity index is 1.78. The molecule has 3 rings (SSSR count). The molecule has 2 aromatic rings. The van der Waals surface area contributed by atoms with Crippen LogP contribution in [0, 0.1) is 0 Å². The molecular weight excluding hydrogens is 420 g/mol. The Bertz CT molecular complexity index is 926. The van der Waals surface area contributed by atoms with Gasteiger partial charge in [0.05, 0.1) is 6.54 Å². The lowest BCUT2D eigenvalue weighted by Crippen LogP contribution is -2.41. The van der Waals surface area contributed by atoms with Crippen LogP contribution in [0.5, 0.6) is 0 Å². The van der Waals surface area contributed by atoms with Crippen molar-refractivity contribution in [3.8, 4) is 0 Å². The highest BCUT2D eigenvalue weighted by atomic mass is 79.9. The number of urea groups is 1. The van der Waals surface area contributed by atoms with E-state index in [1.165, 1.54) is 0 Å². The minimum atomic E-state index is -1.19. The van der Waals surface area contributed by atoms with Crippen molar-refractivity contribution < 1.29 is 14.4 Å². The molecule has 5 nitrogen and oxygen atoms in total. The fourth-order valence-electron chi connectivity index (χ4n) is 3.30. The zero-order valence-corrected chi connectivity index (χ0v) is 17.7. The molecule has 0 unspecified atom stereocenters. The van der Waals surface area contributed by atoms with Crippen LogP contribution in [0.25, 0.3) is 0 Å². The second kappa shape index (κ2) is 7.87. The van der Waals surface area contributed by atoms with Crippen molar-refractivity contribution in [2.24, 2.45) is 0 Å². The monoisotopic (exact) mass is 442 g/mol. The number of hydrogen-bond donors (Lipinski definition) is 1. The summed E-state index contributed by atoms with van der Waals surface area (Å²) in [5.74, 6) is -0.279. The molecule has 0 aromatic heterocycles. The number of hydrogen-bond acceptors (Lipinski definition) is 3. The van der Waals surface area contributed by atoms with Crippen molar-refractivity contribution in [2.75, 3.05) is 6.54 Å². The molecule has 0 bridgehead atoms. The van der Waals surface area contributed by atoms with Crippen LogP contribution >= 0.6 is 15.9 Å². The molecule has 1 heterocycles. The molecule has 1 fully saturated rings. The minimum Gasteiger partial charge on any atom is -0.319 e. The first kappa shape index (κ1) is 20.3. The lowest BCUT2D eigenvalue weighted by atomic mass is 9.92. The summed E-state index contributed by atoms with van der Waals surface area (Å²) < 4.78 is 0.809. The highest BCUT2D eigenvalue weighted by Gasteiger charge is 2.49. The van der Waals surface area contributed by atoms with Crippen molar-refractivity contribution in [1.82, 2.24) is 10.2 Å². The fourth-order valence-corrected chi connectivity index (χ4v) is 3.70. The highest BCUT2D eigenvalue weighted by Crippen LogP contribution is 2.30. The van der Waals surface area contributed by atoms with Crippen molar-refractivity contribution in [1.29, 1.82) is 0 Å². The first-order valence-corrected chi connectivity index (χ1v) is 10.1. The van der Waals surface area contributed by atoms with Crippen LogP contribution in [-0.2, 0) is 10.3 Å². The predicted molar refractivity (Wildman–Crippen MR) is 111 cm³/mol. The van der Waals surface area contributed by atoms with Crippen LogP contribution in [0.3, 0.4) is 0 Å². The molecule has 1 aliphatic heterocycles. The number of ketones is 1. The quantitative estimate of drug-likeness (QED) is 0.524. The van der Waals surface area contributed by atoms with Crippen molar-refractivity contribution >= 4 is 33.7 Å². The van der Waals surface area contributed by atoms with Gasteiger partial charge in [0.1, 0.15) is 5.54 Å². The van der Waals surface area contributed by atoms with Crippen LogP contribution in [0.2, 0.25) is 0 Å². The molecular formula is C22H23BrN2O3. The third-order valence-electron chi connectivity index (χ3n) is 5.39. The molecule has 0 aliphatic carbocycles. The van der Waals surface area contributed by atoms with Crippen LogP contribution < -0.4 is 5.32 Å². The number of amides is 3. The van der Waals surface area contributed by atoms with E-state index >= 15 is 0 Å². The number of benzene rings is 2. The topological polar surface area (TPSA) is 66.5 Å². The molecule has 3 amide bonds. The van der Waals surface area contributed by atoms with Gasteiger partial charge in [0.15, 0.2) is 5.78 Å². The Morgan fingerprint density at radius 2 is 1.86 bits per heavy atom. The van der Waals surface area contributed by atoms with Crippen molar-refractivity contribution in [3.05, 3.63) is 69.7 Å². The maximum absolute atomic E-state index is 13.0. The normalized spacial score (nSPS) is 20.2. The predicted octanol–water partition coefficient (Wildman–Crippen LogP) is 4.61. The fraction of sp³-hybridized carbons (Fsp3) is 0.318. The average Bonchev–Trinajstić information content (AvgIpc) is 2.91. The van der Waals surface area contributed by atoms with Crippen molar-refractivity contribution in [2.45, 2.75) is 38.6 Å². The van der Waals surface area contributed by atoms with Gasteiger partial charge in [-0.2, -0.15) is 0 Å². The van der Waals surface area contributed by atoms with Gasteiger partial charge in [-0.05, 0) is 42.5 Å². The number of carbonyl (C=O) groups is 3. The summed E-state index contributed by atoms with van der Waals surface area (Å²) >= 11 is 3.38. The minimum absolute atomic E-state index is 0.266. The highest BCUT2D eigenvalue weighted by molar-refractivity contribution is 9.10. The number of carbonyl (C=O) groups excluding carboxylic acids is 3. The molecule has 0 spiro atoms. The Hall–Kier alpha value is -2.47. The number of halogens is 1. The molecule has 6 heteroatoms. The van der Waals surface area contributed by atoms with E-state index in [1.54, 1.807) is 37.3 Å². The number of nitrogens with one attached hydrogen (secondary N) is 1. The number of rotatable bonds is 6. The molecule has 1 saturated heterocycles. The van der Waals surface area contributed by atoms with E-state index in [9.17, 15) is 14.4 Å². The van der Waals surface area contributed by atoms with Crippen molar-refractivity contribution in [3.63, 3.8) is 0 Å². The Kier molecular flexibility index (Phi) is 5.70. The van der Waals surface area contributed by atoms with Gasteiger partial charge in [-0.15, -0.1) is 0 Å². The number of Topliss-reactive ketones (excluding diaryl/α,β-unsaturated/α-hetero) is 1. The SMILES string of the molecule is CC[C@@H](C)c1ccc(C(=O)CN2C(=O)N[C@@](C)(c3cccc(Br)c3)C2=O)cc1. The standard InChI is InChI=1S/C22H23BrN2O3/c1-4-14(2)15-8-10-16(11-9-15)19(26)13-25-20(27)22(3,24-21(25)28)17-6-5-7-18(23)12-17/h5-12,14H,4,13H2,1-3H3,(H,24,28)/t14-,22+/m1/s1. The maximum atomic E-state index is 13.0. The average molecular weight is 443 g/mol. The lowest BCUT2D eigenvalue weighted by molar-refractivity contribution is -0.130. The van der Waals surface area contributed by atoms with Gasteiger partial charge in [0, 0.05) is 10.0 Å². The van der Waals surface area contributed by atoms with Crippen LogP contribution in [0.4, 0.5) is 4.79 Å². The second-order valence-corrected chi connectivity index (χ2v) is 8.23. The van der Waals surface area contributed by atoms with E-state index in [-0.39, 0.29) is 12.3 Å². The number of imide groups is 1. The van der Waals surface area contributed by atoms with E-state index in [2.05, 4.69) is 35.1 Å². The first-order chi connectivity index (χ1) is 13.3. The second-order valence-electron chi connectivity index (χ2n) is 7.31. The summed E-state index contributed by atoms with van der Waals surface area (Å²) in [5, 5.41) is 2.73. The van der Waals surface area contributed by atoms with E-state index in [4.69, 9.17) is 0 Å². The summed E-state index contributed by atoms with van der Waals surface area (Å²) in [7, 11) is 0. The summed E-state index contributed by atoms with van der Waals surface area (Å²) in [6.45, 7) is 5.62. The van der Waals surface area contributed by atoms with E-state index in [0.717, 1.165) is 21.4 Å². The first-order valence-electron chi connectivity index (χ1n) is 9.29. The third kappa shape index (κ3) is 3.74. The molecule has 2 atom stereocenters. The van der Waals surface area contributed by atoms with Gasteiger partial charge in [-0.3, -0.25) is 14.5 Å². The van der Waals surface area contributed by atoms with E-state index < -0.39 is 17.5 Å². The van der Waals surface area contributed by atoms with Crippen LogP contribution in [0.1, 0.15) is 54.6 Å². The molecule has 0 saturated carbocycles. The summed E-state index contributed by atoms with van der Waals surface area (Å²) in [5.41, 5.74) is 1.12. The number of nitrogens with zero attached hydrogens (tertiary/aromatic N) is 1. The zero-order chi connectivity index (χ0) is 20.5. The summed E-state index contributed by atoms with van der Waals surface area (Å²) in [4.78, 5) is 39.1. The molecule has 28 heavy (non-hydrogen) atoms. The van der Waals surface area contributed by atoms with Crippen LogP contribution in [-0.4, -0.2) is 29.2 Å². The molecule has 2 aromatic carbocycles. The van der Waals surface area contributed by atoms with E-state index in [1.807, 2.05) is 18.2 Å². The zero-order valence-electron chi connectivity index (χ0n) is 16.2. The molecule has 0 radical (unpaired) electrons. The smallest absolute Gasteiger partial charge is 0.319 e. The third-order valence-corrected chi connectivity index (χ3v) is 5.89. The van der Waals surface area contributed by atoms with Gasteiger partial charge in [0.25, 0.3) is 5.91 Å². The largest absolute Gasteiger partial charge is 0.325 e. The Labute approximate surface area is 173 Å². The molecule has 1 aliphatic rings. The Morgan fingerprint density at radius 3 is 2.46 bits per heavy atom. The molecule has 1 N–H and O–H groups in total. The maximum Gasteiger partial charge on any atom is 0.325 e. The van der Waals surface area contributed by atoms with Gasteiger partial charge < -0.3 is 5.32 Å². The van der Waals surface area contributed by atoms with Gasteiger partial charge in [-0.1, -0.05) is 66.2 Å². The van der Waals surface area contributed by atoms with Crippen LogP contribution in [0.15, 0.2) is 53.0 Å². The summed E-state index contributed by atoms with van der Waals surface area (Å²) in [6, 6.07) is 14.0. The lowest BCUT2D eigenvalue weighted by Gasteiger charge is -2.22.